The third-order valence-corrected chi connectivity index (χ3v) is 2.16. The van der Waals surface area contributed by atoms with Crippen molar-refractivity contribution in [3.8, 4) is 0 Å². The van der Waals surface area contributed by atoms with Crippen LogP contribution in [0, 0.1) is 0 Å². The molecule has 0 aromatic rings. The molecule has 5 heteroatoms. The summed E-state index contributed by atoms with van der Waals surface area (Å²) in [6.45, 7) is 0.595. The highest BCUT2D eigenvalue weighted by Gasteiger charge is 2.22. The number of hydrogen-bond acceptors (Lipinski definition) is 2. The molecule has 0 unspecified atom stereocenters. The molecule has 0 heterocycles. The number of thiocarbonyl (C=S) groups is 1. The summed E-state index contributed by atoms with van der Waals surface area (Å²) >= 11 is 4.85. The van der Waals surface area contributed by atoms with E-state index in [0.717, 1.165) is 12.8 Å². The zero-order valence-corrected chi connectivity index (χ0v) is 8.54. The third kappa shape index (κ3) is 4.67. The topological polar surface area (TPSA) is 53.2 Å². The van der Waals surface area contributed by atoms with Crippen LogP contribution in [-0.4, -0.2) is 30.7 Å². The standard InChI is InChI=1S/C8H15N3OS/c1-9-8(13)10-5-4-7(12)11-6-2-3-6/h6H,2-5H2,1H3,(H,11,12)(H2,9,10,13). The Morgan fingerprint density at radius 2 is 2.23 bits per heavy atom. The summed E-state index contributed by atoms with van der Waals surface area (Å²) in [5, 5.41) is 9.18. The van der Waals surface area contributed by atoms with E-state index >= 15 is 0 Å². The molecule has 0 radical (unpaired) electrons. The molecule has 0 bridgehead atoms. The molecule has 0 saturated heterocycles. The SMILES string of the molecule is CNC(=S)NCCC(=O)NC1CC1. The van der Waals surface area contributed by atoms with Crippen LogP contribution in [0.1, 0.15) is 19.3 Å². The fourth-order valence-corrected chi connectivity index (χ4v) is 1.01. The second kappa shape index (κ2) is 5.01. The smallest absolute Gasteiger partial charge is 0.221 e. The van der Waals surface area contributed by atoms with E-state index in [-0.39, 0.29) is 5.91 Å². The minimum atomic E-state index is 0.105. The average Bonchev–Trinajstić information content (AvgIpc) is 2.88. The second-order valence-electron chi connectivity index (χ2n) is 3.10. The molecule has 74 valence electrons. The Bertz CT molecular complexity index is 204. The normalized spacial score (nSPS) is 14.8. The van der Waals surface area contributed by atoms with E-state index in [1.54, 1.807) is 7.05 Å². The molecule has 0 aromatic carbocycles. The summed E-state index contributed by atoms with van der Waals surface area (Å²) in [6, 6.07) is 0.448. The van der Waals surface area contributed by atoms with Gasteiger partial charge in [-0.25, -0.2) is 0 Å². The molecule has 4 nitrogen and oxygen atoms in total. The van der Waals surface area contributed by atoms with Crippen molar-refractivity contribution in [2.24, 2.45) is 0 Å². The lowest BCUT2D eigenvalue weighted by Gasteiger charge is -2.06. The van der Waals surface area contributed by atoms with Crippen LogP contribution in [0.4, 0.5) is 0 Å². The lowest BCUT2D eigenvalue weighted by Crippen LogP contribution is -2.36. The van der Waals surface area contributed by atoms with Gasteiger partial charge in [0.25, 0.3) is 0 Å². The van der Waals surface area contributed by atoms with E-state index in [0.29, 0.717) is 24.1 Å². The van der Waals surface area contributed by atoms with Crippen molar-refractivity contribution in [2.75, 3.05) is 13.6 Å². The summed E-state index contributed by atoms with van der Waals surface area (Å²) < 4.78 is 0. The molecule has 1 amide bonds. The number of nitrogens with one attached hydrogen (secondary N) is 3. The van der Waals surface area contributed by atoms with E-state index < -0.39 is 0 Å². The van der Waals surface area contributed by atoms with Gasteiger partial charge in [-0.1, -0.05) is 0 Å². The van der Waals surface area contributed by atoms with Gasteiger partial charge in [0, 0.05) is 26.1 Å². The van der Waals surface area contributed by atoms with E-state index in [4.69, 9.17) is 12.2 Å². The lowest BCUT2D eigenvalue weighted by atomic mass is 10.4. The maximum Gasteiger partial charge on any atom is 0.221 e. The van der Waals surface area contributed by atoms with Crippen molar-refractivity contribution in [3.63, 3.8) is 0 Å². The van der Waals surface area contributed by atoms with Crippen LogP contribution in [0.3, 0.4) is 0 Å². The van der Waals surface area contributed by atoms with Crippen molar-refractivity contribution < 1.29 is 4.79 Å². The van der Waals surface area contributed by atoms with Crippen LogP contribution >= 0.6 is 12.2 Å². The Labute approximate surface area is 83.5 Å². The first-order valence-electron chi connectivity index (χ1n) is 4.47. The van der Waals surface area contributed by atoms with Crippen LogP contribution < -0.4 is 16.0 Å². The van der Waals surface area contributed by atoms with Crippen LogP contribution in [0.2, 0.25) is 0 Å². The van der Waals surface area contributed by atoms with Crippen molar-refractivity contribution in [1.29, 1.82) is 0 Å². The molecule has 1 aliphatic carbocycles. The van der Waals surface area contributed by atoms with Gasteiger partial charge >= 0.3 is 0 Å². The molecule has 1 aliphatic rings. The fraction of sp³-hybridized carbons (Fsp3) is 0.750. The highest BCUT2D eigenvalue weighted by atomic mass is 32.1. The highest BCUT2D eigenvalue weighted by molar-refractivity contribution is 7.80. The van der Waals surface area contributed by atoms with Crippen LogP contribution in [0.25, 0.3) is 0 Å². The minimum absolute atomic E-state index is 0.105. The van der Waals surface area contributed by atoms with Crippen LogP contribution in [0.5, 0.6) is 0 Å². The Balaban J connectivity index is 1.97. The number of rotatable bonds is 4. The number of amides is 1. The number of carbonyl (C=O) groups is 1. The van der Waals surface area contributed by atoms with E-state index in [1.807, 2.05) is 0 Å². The largest absolute Gasteiger partial charge is 0.366 e. The molecule has 0 aromatic heterocycles. The lowest BCUT2D eigenvalue weighted by molar-refractivity contribution is -0.121. The Morgan fingerprint density at radius 1 is 1.54 bits per heavy atom. The fourth-order valence-electron chi connectivity index (χ4n) is 0.905. The average molecular weight is 201 g/mol. The Kier molecular flexibility index (Phi) is 3.95. The predicted octanol–water partition coefficient (Wildman–Crippen LogP) is -0.251. The van der Waals surface area contributed by atoms with Crippen molar-refractivity contribution in [3.05, 3.63) is 0 Å². The highest BCUT2D eigenvalue weighted by Crippen LogP contribution is 2.18. The number of hydrogen-bond donors (Lipinski definition) is 3. The Hall–Kier alpha value is -0.840. The predicted molar refractivity (Wildman–Crippen MR) is 55.4 cm³/mol. The minimum Gasteiger partial charge on any atom is -0.366 e. The van der Waals surface area contributed by atoms with Gasteiger partial charge in [0.05, 0.1) is 0 Å². The zero-order valence-electron chi connectivity index (χ0n) is 7.72. The molecular formula is C8H15N3OS. The van der Waals surface area contributed by atoms with Gasteiger partial charge in [0.2, 0.25) is 5.91 Å². The maximum absolute atomic E-state index is 11.1. The summed E-state index contributed by atoms with van der Waals surface area (Å²) in [5.74, 6) is 0.105. The summed E-state index contributed by atoms with van der Waals surface area (Å²) in [5.41, 5.74) is 0. The van der Waals surface area contributed by atoms with E-state index in [1.165, 1.54) is 0 Å². The molecule has 0 spiro atoms. The van der Waals surface area contributed by atoms with Gasteiger partial charge in [-0.15, -0.1) is 0 Å². The van der Waals surface area contributed by atoms with Crippen molar-refractivity contribution in [2.45, 2.75) is 25.3 Å². The molecule has 3 N–H and O–H groups in total. The van der Waals surface area contributed by atoms with Crippen LogP contribution in [0.15, 0.2) is 0 Å². The van der Waals surface area contributed by atoms with Crippen molar-refractivity contribution in [1.82, 2.24) is 16.0 Å². The molecular weight excluding hydrogens is 186 g/mol. The van der Waals surface area contributed by atoms with Crippen LogP contribution in [-0.2, 0) is 4.79 Å². The summed E-state index contributed by atoms with van der Waals surface area (Å²) in [6.07, 6.45) is 2.75. The van der Waals surface area contributed by atoms with E-state index in [9.17, 15) is 4.79 Å². The molecule has 1 saturated carbocycles. The number of carbonyl (C=O) groups excluding carboxylic acids is 1. The van der Waals surface area contributed by atoms with Gasteiger partial charge in [-0.05, 0) is 25.1 Å². The second-order valence-corrected chi connectivity index (χ2v) is 3.51. The monoisotopic (exact) mass is 201 g/mol. The first-order valence-corrected chi connectivity index (χ1v) is 4.88. The molecule has 0 aliphatic heterocycles. The Morgan fingerprint density at radius 3 is 2.77 bits per heavy atom. The zero-order chi connectivity index (χ0) is 9.68. The van der Waals surface area contributed by atoms with Gasteiger partial charge in [0.15, 0.2) is 5.11 Å². The molecule has 0 atom stereocenters. The van der Waals surface area contributed by atoms with Gasteiger partial charge in [-0.3, -0.25) is 4.79 Å². The van der Waals surface area contributed by atoms with Crippen molar-refractivity contribution >= 4 is 23.2 Å². The molecule has 13 heavy (non-hydrogen) atoms. The molecule has 1 rings (SSSR count). The third-order valence-electron chi connectivity index (χ3n) is 1.81. The van der Waals surface area contributed by atoms with E-state index in [2.05, 4.69) is 16.0 Å². The first kappa shape index (κ1) is 10.2. The summed E-state index contributed by atoms with van der Waals surface area (Å²) in [4.78, 5) is 11.1. The van der Waals surface area contributed by atoms with Gasteiger partial charge in [0.1, 0.15) is 0 Å². The van der Waals surface area contributed by atoms with Gasteiger partial charge < -0.3 is 16.0 Å². The first-order chi connectivity index (χ1) is 6.22. The summed E-state index contributed by atoms with van der Waals surface area (Å²) in [7, 11) is 1.75. The maximum atomic E-state index is 11.1. The molecule has 1 fully saturated rings. The van der Waals surface area contributed by atoms with Gasteiger partial charge in [-0.2, -0.15) is 0 Å². The quantitative estimate of drug-likeness (QED) is 0.549.